The van der Waals surface area contributed by atoms with Crippen molar-refractivity contribution in [2.45, 2.75) is 32.7 Å². The van der Waals surface area contributed by atoms with Gasteiger partial charge in [0.2, 0.25) is 0 Å². The van der Waals surface area contributed by atoms with Gasteiger partial charge in [-0.1, -0.05) is 25.8 Å². The number of amides is 2. The second kappa shape index (κ2) is 9.47. The zero-order chi connectivity index (χ0) is 17.4. The quantitative estimate of drug-likeness (QED) is 0.778. The molecule has 1 N–H and O–H groups in total. The van der Waals surface area contributed by atoms with Crippen molar-refractivity contribution in [2.24, 2.45) is 0 Å². The number of unbranched alkanes of at least 4 members (excludes halogenated alkanes) is 2. The molecule has 0 aliphatic carbocycles. The van der Waals surface area contributed by atoms with Gasteiger partial charge in [-0.05, 0) is 24.1 Å². The summed E-state index contributed by atoms with van der Waals surface area (Å²) in [5.74, 6) is -0.0663. The van der Waals surface area contributed by atoms with Gasteiger partial charge >= 0.3 is 6.03 Å². The van der Waals surface area contributed by atoms with Gasteiger partial charge in [-0.15, -0.1) is 0 Å². The molecule has 134 valence electrons. The summed E-state index contributed by atoms with van der Waals surface area (Å²) in [5, 5.41) is 2.98. The Labute approximate surface area is 143 Å². The maximum Gasteiger partial charge on any atom is 0.317 e. The summed E-state index contributed by atoms with van der Waals surface area (Å²) >= 11 is 0. The third-order valence-electron chi connectivity index (χ3n) is 4.34. The SMILES string of the molecule is CCCCCNC(=O)N1CCN(Cc2ccc(OC)c(F)c2)CC1. The van der Waals surface area contributed by atoms with E-state index in [2.05, 4.69) is 17.1 Å². The largest absolute Gasteiger partial charge is 0.494 e. The second-order valence-electron chi connectivity index (χ2n) is 6.17. The monoisotopic (exact) mass is 337 g/mol. The molecule has 2 amide bonds. The predicted molar refractivity (Wildman–Crippen MR) is 92.7 cm³/mol. The van der Waals surface area contributed by atoms with Crippen molar-refractivity contribution in [3.63, 3.8) is 0 Å². The van der Waals surface area contributed by atoms with Crippen molar-refractivity contribution in [1.29, 1.82) is 0 Å². The van der Waals surface area contributed by atoms with Crippen molar-refractivity contribution < 1.29 is 13.9 Å². The number of hydrogen-bond donors (Lipinski definition) is 1. The van der Waals surface area contributed by atoms with Gasteiger partial charge in [-0.2, -0.15) is 0 Å². The molecular weight excluding hydrogens is 309 g/mol. The van der Waals surface area contributed by atoms with E-state index < -0.39 is 0 Å². The summed E-state index contributed by atoms with van der Waals surface area (Å²) in [7, 11) is 1.46. The molecule has 0 atom stereocenters. The van der Waals surface area contributed by atoms with Crippen molar-refractivity contribution in [3.05, 3.63) is 29.6 Å². The second-order valence-corrected chi connectivity index (χ2v) is 6.17. The van der Waals surface area contributed by atoms with E-state index in [0.29, 0.717) is 19.6 Å². The third kappa shape index (κ3) is 5.37. The van der Waals surface area contributed by atoms with Crippen LogP contribution in [0.3, 0.4) is 0 Å². The average molecular weight is 337 g/mol. The van der Waals surface area contributed by atoms with Crippen molar-refractivity contribution in [3.8, 4) is 5.75 Å². The number of carbonyl (C=O) groups is 1. The fraction of sp³-hybridized carbons (Fsp3) is 0.611. The number of nitrogens with zero attached hydrogens (tertiary/aromatic N) is 2. The van der Waals surface area contributed by atoms with Gasteiger partial charge in [0.05, 0.1) is 7.11 Å². The van der Waals surface area contributed by atoms with Crippen LogP contribution >= 0.6 is 0 Å². The number of benzene rings is 1. The third-order valence-corrected chi connectivity index (χ3v) is 4.34. The minimum absolute atomic E-state index is 0.0289. The highest BCUT2D eigenvalue weighted by molar-refractivity contribution is 5.74. The van der Waals surface area contributed by atoms with Crippen LogP contribution in [0.4, 0.5) is 9.18 Å². The summed E-state index contributed by atoms with van der Waals surface area (Å²) < 4.78 is 18.7. The van der Waals surface area contributed by atoms with E-state index in [4.69, 9.17) is 4.74 Å². The molecule has 0 radical (unpaired) electrons. The summed E-state index contributed by atoms with van der Waals surface area (Å²) in [6, 6.07) is 5.09. The van der Waals surface area contributed by atoms with Gasteiger partial charge in [0.15, 0.2) is 11.6 Å². The number of rotatable bonds is 7. The maximum atomic E-state index is 13.7. The molecule has 1 heterocycles. The highest BCUT2D eigenvalue weighted by atomic mass is 19.1. The van der Waals surface area contributed by atoms with Crippen LogP contribution in [0.25, 0.3) is 0 Å². The summed E-state index contributed by atoms with van der Waals surface area (Å²) in [5.41, 5.74) is 0.922. The molecule has 1 aromatic rings. The highest BCUT2D eigenvalue weighted by Crippen LogP contribution is 2.19. The fourth-order valence-corrected chi connectivity index (χ4v) is 2.86. The lowest BCUT2D eigenvalue weighted by molar-refractivity contribution is 0.135. The Kier molecular flexibility index (Phi) is 7.31. The van der Waals surface area contributed by atoms with Crippen LogP contribution < -0.4 is 10.1 Å². The smallest absolute Gasteiger partial charge is 0.317 e. The molecule has 5 nitrogen and oxygen atoms in total. The molecule has 0 bridgehead atoms. The first-order valence-electron chi connectivity index (χ1n) is 8.71. The maximum absolute atomic E-state index is 13.7. The zero-order valence-electron chi connectivity index (χ0n) is 14.7. The molecule has 24 heavy (non-hydrogen) atoms. The average Bonchev–Trinajstić information content (AvgIpc) is 2.59. The van der Waals surface area contributed by atoms with E-state index >= 15 is 0 Å². The minimum atomic E-state index is -0.333. The van der Waals surface area contributed by atoms with Crippen molar-refractivity contribution in [1.82, 2.24) is 15.1 Å². The summed E-state index contributed by atoms with van der Waals surface area (Å²) in [6.07, 6.45) is 3.33. The molecule has 1 aliphatic heterocycles. The van der Waals surface area contributed by atoms with Crippen LogP contribution in [0.5, 0.6) is 5.75 Å². The van der Waals surface area contributed by atoms with Gasteiger partial charge in [0, 0.05) is 39.3 Å². The number of carbonyl (C=O) groups excluding carboxylic acids is 1. The molecule has 0 unspecified atom stereocenters. The Bertz CT molecular complexity index is 531. The van der Waals surface area contributed by atoms with Crippen LogP contribution in [0.1, 0.15) is 31.7 Å². The molecular formula is C18H28FN3O2. The molecule has 1 saturated heterocycles. The van der Waals surface area contributed by atoms with E-state index in [9.17, 15) is 9.18 Å². The number of ether oxygens (including phenoxy) is 1. The Morgan fingerprint density at radius 1 is 1.25 bits per heavy atom. The Hall–Kier alpha value is -1.82. The van der Waals surface area contributed by atoms with E-state index in [-0.39, 0.29) is 17.6 Å². The molecule has 6 heteroatoms. The lowest BCUT2D eigenvalue weighted by Crippen LogP contribution is -2.51. The van der Waals surface area contributed by atoms with Crippen LogP contribution in [-0.4, -0.2) is 55.7 Å². The first-order chi connectivity index (χ1) is 11.6. The van der Waals surface area contributed by atoms with E-state index in [1.807, 2.05) is 11.0 Å². The number of piperazine rings is 1. The summed E-state index contributed by atoms with van der Waals surface area (Å²) in [4.78, 5) is 16.2. The Morgan fingerprint density at radius 3 is 2.62 bits per heavy atom. The highest BCUT2D eigenvalue weighted by Gasteiger charge is 2.21. The topological polar surface area (TPSA) is 44.8 Å². The van der Waals surface area contributed by atoms with Crippen LogP contribution in [-0.2, 0) is 6.54 Å². The number of hydrogen-bond acceptors (Lipinski definition) is 3. The molecule has 1 aliphatic rings. The van der Waals surface area contributed by atoms with Gasteiger partial charge in [0.25, 0.3) is 0 Å². The first-order valence-corrected chi connectivity index (χ1v) is 8.71. The van der Waals surface area contributed by atoms with Crippen molar-refractivity contribution in [2.75, 3.05) is 39.8 Å². The van der Waals surface area contributed by atoms with E-state index in [1.54, 1.807) is 6.07 Å². The summed E-state index contributed by atoms with van der Waals surface area (Å²) in [6.45, 7) is 6.60. The minimum Gasteiger partial charge on any atom is -0.494 e. The number of nitrogens with one attached hydrogen (secondary N) is 1. The molecule has 0 aromatic heterocycles. The van der Waals surface area contributed by atoms with Gasteiger partial charge in [0.1, 0.15) is 0 Å². The number of methoxy groups -OCH3 is 1. The van der Waals surface area contributed by atoms with Crippen LogP contribution in [0, 0.1) is 5.82 Å². The van der Waals surface area contributed by atoms with E-state index in [1.165, 1.54) is 13.2 Å². The Balaban J connectivity index is 1.74. The zero-order valence-corrected chi connectivity index (χ0v) is 14.7. The standard InChI is InChI=1S/C18H28FN3O2/c1-3-4-5-8-20-18(23)22-11-9-21(10-12-22)14-15-6-7-17(24-2)16(19)13-15/h6-7,13H,3-5,8-12,14H2,1-2H3,(H,20,23). The lowest BCUT2D eigenvalue weighted by Gasteiger charge is -2.34. The van der Waals surface area contributed by atoms with E-state index in [0.717, 1.165) is 44.5 Å². The van der Waals surface area contributed by atoms with Gasteiger partial charge < -0.3 is 15.0 Å². The molecule has 1 aromatic carbocycles. The first kappa shape index (κ1) is 18.5. The fourth-order valence-electron chi connectivity index (χ4n) is 2.86. The normalized spacial score (nSPS) is 15.4. The lowest BCUT2D eigenvalue weighted by atomic mass is 10.2. The molecule has 1 fully saturated rings. The molecule has 0 spiro atoms. The molecule has 0 saturated carbocycles. The van der Waals surface area contributed by atoms with Crippen LogP contribution in [0.2, 0.25) is 0 Å². The molecule has 2 rings (SSSR count). The van der Waals surface area contributed by atoms with Crippen molar-refractivity contribution >= 4 is 6.03 Å². The van der Waals surface area contributed by atoms with Gasteiger partial charge in [-0.3, -0.25) is 4.90 Å². The predicted octanol–water partition coefficient (Wildman–Crippen LogP) is 2.85. The Morgan fingerprint density at radius 2 is 2.00 bits per heavy atom. The number of urea groups is 1. The van der Waals surface area contributed by atoms with Crippen LogP contribution in [0.15, 0.2) is 18.2 Å². The number of halogens is 1. The van der Waals surface area contributed by atoms with Gasteiger partial charge in [-0.25, -0.2) is 9.18 Å².